The third kappa shape index (κ3) is 5.15. The van der Waals surface area contributed by atoms with Crippen molar-refractivity contribution in [2.24, 2.45) is 9.98 Å². The molecule has 0 atom stereocenters. The van der Waals surface area contributed by atoms with Gasteiger partial charge in [-0.05, 0) is 54.4 Å². The molecule has 2 aromatic carbocycles. The highest BCUT2D eigenvalue weighted by molar-refractivity contribution is 6.41. The zero-order chi connectivity index (χ0) is 20.1. The number of hydrogen-bond acceptors (Lipinski definition) is 2. The van der Waals surface area contributed by atoms with Gasteiger partial charge in [-0.25, -0.2) is 0 Å². The van der Waals surface area contributed by atoms with Crippen molar-refractivity contribution in [2.45, 2.75) is 73.1 Å². The van der Waals surface area contributed by atoms with E-state index >= 15 is 0 Å². The molecular weight excluding hydrogens is 328 g/mol. The highest BCUT2D eigenvalue weighted by Gasteiger charge is 2.14. The van der Waals surface area contributed by atoms with Crippen molar-refractivity contribution in [2.75, 3.05) is 0 Å². The summed E-state index contributed by atoms with van der Waals surface area (Å²) in [5.41, 5.74) is 7.98. The number of aliphatic imine (C=N–C) groups is 2. The molecule has 0 aliphatic rings. The molecule has 0 aromatic heterocycles. The average Bonchev–Trinajstić information content (AvgIpc) is 2.61. The summed E-state index contributed by atoms with van der Waals surface area (Å²) in [6.07, 6.45) is 0. The molecule has 0 bridgehead atoms. The molecule has 2 nitrogen and oxygen atoms in total. The van der Waals surface area contributed by atoms with E-state index in [-0.39, 0.29) is 0 Å². The lowest BCUT2D eigenvalue weighted by Crippen LogP contribution is -2.06. The first-order valence-corrected chi connectivity index (χ1v) is 10.0. The summed E-state index contributed by atoms with van der Waals surface area (Å²) in [5.74, 6) is 1.33. The summed E-state index contributed by atoms with van der Waals surface area (Å²) in [4.78, 5) is 9.97. The first-order chi connectivity index (χ1) is 12.7. The van der Waals surface area contributed by atoms with Gasteiger partial charge in [0, 0.05) is 0 Å². The van der Waals surface area contributed by atoms with Gasteiger partial charge in [-0.15, -0.1) is 0 Å². The minimum absolute atomic E-state index is 0.439. The number of para-hydroxylation sites is 2. The van der Waals surface area contributed by atoms with Crippen LogP contribution in [-0.4, -0.2) is 11.4 Å². The van der Waals surface area contributed by atoms with Crippen LogP contribution in [0.3, 0.4) is 0 Å². The molecule has 2 aromatic rings. The van der Waals surface area contributed by atoms with E-state index in [0.717, 1.165) is 22.8 Å². The summed E-state index contributed by atoms with van der Waals surface area (Å²) in [6, 6.07) is 14.9. The van der Waals surface area contributed by atoms with Gasteiger partial charge in [-0.2, -0.15) is 0 Å². The minimum Gasteiger partial charge on any atom is -0.252 e. The molecule has 0 heterocycles. The van der Waals surface area contributed by atoms with Crippen molar-refractivity contribution in [1.82, 2.24) is 0 Å². The molecule has 2 heteroatoms. The van der Waals surface area contributed by atoms with Gasteiger partial charge in [0.25, 0.3) is 0 Å². The zero-order valence-corrected chi connectivity index (χ0v) is 18.2. The number of nitrogens with zero attached hydrogens (tertiary/aromatic N) is 2. The van der Waals surface area contributed by atoms with Gasteiger partial charge in [0.05, 0.1) is 22.8 Å². The molecule has 0 radical (unpaired) electrons. The van der Waals surface area contributed by atoms with E-state index < -0.39 is 0 Å². The Labute approximate surface area is 165 Å². The van der Waals surface area contributed by atoms with Crippen LogP contribution < -0.4 is 0 Å². The quantitative estimate of drug-likeness (QED) is 0.466. The van der Waals surface area contributed by atoms with Crippen molar-refractivity contribution in [3.05, 3.63) is 59.2 Å². The maximum atomic E-state index is 5.06. The topological polar surface area (TPSA) is 24.7 Å². The van der Waals surface area contributed by atoms with E-state index in [9.17, 15) is 0 Å². The largest absolute Gasteiger partial charge is 0.252 e. The molecule has 0 saturated carbocycles. The van der Waals surface area contributed by atoms with E-state index in [4.69, 9.17) is 9.98 Å². The van der Waals surface area contributed by atoms with Gasteiger partial charge in [-0.3, -0.25) is 9.98 Å². The normalized spacial score (nSPS) is 13.1. The SMILES string of the molecule is CC(=Nc1ccccc1C(C)C)C(C)=Nc1c(C(C)C)cccc1C(C)C. The van der Waals surface area contributed by atoms with Crippen molar-refractivity contribution >= 4 is 22.8 Å². The van der Waals surface area contributed by atoms with Crippen LogP contribution >= 0.6 is 0 Å². The standard InChI is InChI=1S/C25H34N2/c1-16(2)21-12-9-10-15-24(21)26-19(7)20(8)27-25-22(17(3)4)13-11-14-23(25)18(5)6/h9-18H,1-8H3. The maximum Gasteiger partial charge on any atom is 0.0702 e. The van der Waals surface area contributed by atoms with Crippen molar-refractivity contribution in [1.29, 1.82) is 0 Å². The second-order valence-corrected chi connectivity index (χ2v) is 8.20. The van der Waals surface area contributed by atoms with Crippen LogP contribution in [0, 0.1) is 0 Å². The highest BCUT2D eigenvalue weighted by atomic mass is 14.8. The van der Waals surface area contributed by atoms with Crippen molar-refractivity contribution < 1.29 is 0 Å². The van der Waals surface area contributed by atoms with Gasteiger partial charge in [0.2, 0.25) is 0 Å². The Kier molecular flexibility index (Phi) is 7.12. The Balaban J connectivity index is 2.52. The smallest absolute Gasteiger partial charge is 0.0702 e. The molecule has 0 unspecified atom stereocenters. The Hall–Kier alpha value is -2.22. The molecule has 144 valence electrons. The van der Waals surface area contributed by atoms with E-state index in [1.54, 1.807) is 0 Å². The lowest BCUT2D eigenvalue weighted by molar-refractivity contribution is 0.835. The third-order valence-electron chi connectivity index (χ3n) is 4.99. The molecule has 0 aliphatic carbocycles. The number of hydrogen-bond donors (Lipinski definition) is 0. The summed E-state index contributed by atoms with van der Waals surface area (Å²) < 4.78 is 0. The van der Waals surface area contributed by atoms with Crippen molar-refractivity contribution in [3.63, 3.8) is 0 Å². The van der Waals surface area contributed by atoms with Crippen LogP contribution in [0.1, 0.15) is 89.8 Å². The lowest BCUT2D eigenvalue weighted by Gasteiger charge is -2.17. The summed E-state index contributed by atoms with van der Waals surface area (Å²) in [6.45, 7) is 17.5. The second-order valence-electron chi connectivity index (χ2n) is 8.20. The molecule has 0 fully saturated rings. The molecule has 0 spiro atoms. The van der Waals surface area contributed by atoms with Gasteiger partial charge in [0.15, 0.2) is 0 Å². The number of rotatable bonds is 6. The predicted octanol–water partition coefficient (Wildman–Crippen LogP) is 7.94. The lowest BCUT2D eigenvalue weighted by atomic mass is 9.93. The van der Waals surface area contributed by atoms with Gasteiger partial charge in [-0.1, -0.05) is 77.9 Å². The van der Waals surface area contributed by atoms with Crippen LogP contribution in [0.15, 0.2) is 52.4 Å². The maximum absolute atomic E-state index is 5.06. The van der Waals surface area contributed by atoms with Crippen LogP contribution in [0.5, 0.6) is 0 Å². The van der Waals surface area contributed by atoms with E-state index in [1.165, 1.54) is 16.7 Å². The van der Waals surface area contributed by atoms with E-state index in [0.29, 0.717) is 17.8 Å². The molecule has 27 heavy (non-hydrogen) atoms. The average molecular weight is 363 g/mol. The van der Waals surface area contributed by atoms with Crippen LogP contribution in [0.4, 0.5) is 11.4 Å². The highest BCUT2D eigenvalue weighted by Crippen LogP contribution is 2.35. The fourth-order valence-corrected chi connectivity index (χ4v) is 3.23. The molecular formula is C25H34N2. The Morgan fingerprint density at radius 3 is 1.56 bits per heavy atom. The molecule has 0 saturated heterocycles. The monoisotopic (exact) mass is 362 g/mol. The third-order valence-corrected chi connectivity index (χ3v) is 4.99. The Morgan fingerprint density at radius 1 is 0.593 bits per heavy atom. The predicted molar refractivity (Wildman–Crippen MR) is 121 cm³/mol. The number of benzene rings is 2. The fraction of sp³-hybridized carbons (Fsp3) is 0.440. The van der Waals surface area contributed by atoms with Gasteiger partial charge >= 0.3 is 0 Å². The van der Waals surface area contributed by atoms with Gasteiger partial charge in [0.1, 0.15) is 0 Å². The molecule has 0 amide bonds. The second kappa shape index (κ2) is 9.12. The Morgan fingerprint density at radius 2 is 1.04 bits per heavy atom. The van der Waals surface area contributed by atoms with Crippen LogP contribution in [0.2, 0.25) is 0 Å². The Bertz CT molecular complexity index is 813. The molecule has 0 aliphatic heterocycles. The van der Waals surface area contributed by atoms with Gasteiger partial charge < -0.3 is 0 Å². The minimum atomic E-state index is 0.439. The van der Waals surface area contributed by atoms with E-state index in [1.807, 2.05) is 0 Å². The summed E-state index contributed by atoms with van der Waals surface area (Å²) in [5, 5.41) is 0. The summed E-state index contributed by atoms with van der Waals surface area (Å²) in [7, 11) is 0. The zero-order valence-electron chi connectivity index (χ0n) is 18.2. The van der Waals surface area contributed by atoms with Crippen LogP contribution in [-0.2, 0) is 0 Å². The first kappa shape index (κ1) is 21.1. The van der Waals surface area contributed by atoms with Crippen LogP contribution in [0.25, 0.3) is 0 Å². The molecule has 2 rings (SSSR count). The summed E-state index contributed by atoms with van der Waals surface area (Å²) >= 11 is 0. The fourth-order valence-electron chi connectivity index (χ4n) is 3.23. The first-order valence-electron chi connectivity index (χ1n) is 10.0. The van der Waals surface area contributed by atoms with E-state index in [2.05, 4.69) is 97.9 Å². The van der Waals surface area contributed by atoms with Crippen molar-refractivity contribution in [3.8, 4) is 0 Å². The molecule has 0 N–H and O–H groups in total.